The number of pyridine rings is 1. The van der Waals surface area contributed by atoms with Gasteiger partial charge in [0.05, 0.1) is 48.2 Å². The van der Waals surface area contributed by atoms with Crippen LogP contribution in [0.25, 0.3) is 16.9 Å². The number of aromatic nitrogens is 3. The van der Waals surface area contributed by atoms with Gasteiger partial charge in [0.1, 0.15) is 5.75 Å². The van der Waals surface area contributed by atoms with Crippen molar-refractivity contribution in [2.24, 2.45) is 0 Å². The molecule has 0 N–H and O–H groups in total. The lowest BCUT2D eigenvalue weighted by molar-refractivity contribution is 0.317. The quantitative estimate of drug-likeness (QED) is 0.608. The Hall–Kier alpha value is -2.51. The van der Waals surface area contributed by atoms with Crippen molar-refractivity contribution in [1.29, 1.82) is 0 Å². The summed E-state index contributed by atoms with van der Waals surface area (Å²) < 4.78 is 29.0. The van der Waals surface area contributed by atoms with Crippen LogP contribution in [0.2, 0.25) is 0 Å². The SMILES string of the molecule is CCCOc1ccc(-c2cncn2-c2ccc(CS(=O)[O-])nc2)cc1. The minimum absolute atomic E-state index is 0.0870. The lowest BCUT2D eigenvalue weighted by Crippen LogP contribution is -2.00. The van der Waals surface area contributed by atoms with Crippen LogP contribution >= 0.6 is 0 Å². The van der Waals surface area contributed by atoms with E-state index in [0.717, 1.165) is 29.1 Å². The molecule has 2 heterocycles. The summed E-state index contributed by atoms with van der Waals surface area (Å²) in [4.78, 5) is 8.42. The Bertz CT molecular complexity index is 845. The lowest BCUT2D eigenvalue weighted by atomic mass is 10.1. The van der Waals surface area contributed by atoms with Crippen LogP contribution in [0.5, 0.6) is 5.75 Å². The lowest BCUT2D eigenvalue weighted by Gasteiger charge is -2.10. The van der Waals surface area contributed by atoms with Gasteiger partial charge >= 0.3 is 0 Å². The molecule has 0 aliphatic rings. The second kappa shape index (κ2) is 8.04. The standard InChI is InChI=1S/C18H19N3O3S/c1-2-9-24-17-7-3-14(4-8-17)18-11-19-13-21(18)16-6-5-15(20-10-16)12-25(22)23/h3-8,10-11,13H,2,9,12H2,1H3,(H,22,23)/p-1. The highest BCUT2D eigenvalue weighted by atomic mass is 32.2. The zero-order valence-electron chi connectivity index (χ0n) is 13.8. The topological polar surface area (TPSA) is 80.1 Å². The van der Waals surface area contributed by atoms with E-state index >= 15 is 0 Å². The molecule has 0 aliphatic carbocycles. The van der Waals surface area contributed by atoms with Crippen LogP contribution in [-0.2, 0) is 16.8 Å². The van der Waals surface area contributed by atoms with Crippen LogP contribution in [0, 0.1) is 0 Å². The molecular weight excluding hydrogens is 338 g/mol. The van der Waals surface area contributed by atoms with Crippen molar-refractivity contribution in [3.63, 3.8) is 0 Å². The van der Waals surface area contributed by atoms with Gasteiger partial charge < -0.3 is 9.29 Å². The second-order valence-electron chi connectivity index (χ2n) is 5.48. The maximum atomic E-state index is 10.7. The third-order valence-corrected chi connectivity index (χ3v) is 4.15. The summed E-state index contributed by atoms with van der Waals surface area (Å²) in [6.07, 6.45) is 6.10. The van der Waals surface area contributed by atoms with Crippen molar-refractivity contribution in [2.45, 2.75) is 19.1 Å². The van der Waals surface area contributed by atoms with Crippen molar-refractivity contribution >= 4 is 11.1 Å². The molecule has 25 heavy (non-hydrogen) atoms. The molecule has 1 aromatic carbocycles. The van der Waals surface area contributed by atoms with Crippen LogP contribution in [0.1, 0.15) is 19.0 Å². The minimum atomic E-state index is -2.14. The Morgan fingerprint density at radius 2 is 1.96 bits per heavy atom. The largest absolute Gasteiger partial charge is 0.772 e. The molecule has 0 saturated heterocycles. The normalized spacial score (nSPS) is 12.1. The summed E-state index contributed by atoms with van der Waals surface area (Å²) in [6, 6.07) is 11.4. The number of hydrogen-bond acceptors (Lipinski definition) is 5. The Morgan fingerprint density at radius 3 is 2.60 bits per heavy atom. The molecule has 0 amide bonds. The highest BCUT2D eigenvalue weighted by Gasteiger charge is 2.08. The van der Waals surface area contributed by atoms with Gasteiger partial charge in [0.25, 0.3) is 0 Å². The molecule has 3 aromatic rings. The molecule has 1 unspecified atom stereocenters. The highest BCUT2D eigenvalue weighted by molar-refractivity contribution is 7.78. The molecule has 130 valence electrons. The number of nitrogens with zero attached hydrogens (tertiary/aromatic N) is 3. The van der Waals surface area contributed by atoms with Gasteiger partial charge in [0.2, 0.25) is 0 Å². The molecule has 0 fully saturated rings. The molecule has 0 spiro atoms. The number of benzene rings is 1. The van der Waals surface area contributed by atoms with E-state index in [1.807, 2.05) is 34.9 Å². The van der Waals surface area contributed by atoms with Crippen LogP contribution in [0.15, 0.2) is 55.1 Å². The summed E-state index contributed by atoms with van der Waals surface area (Å²) >= 11 is -2.14. The zero-order valence-corrected chi connectivity index (χ0v) is 14.6. The molecule has 0 radical (unpaired) electrons. The van der Waals surface area contributed by atoms with Crippen molar-refractivity contribution < 1.29 is 13.5 Å². The van der Waals surface area contributed by atoms with Gasteiger partial charge in [0.15, 0.2) is 0 Å². The van der Waals surface area contributed by atoms with Gasteiger partial charge in [-0.3, -0.25) is 13.8 Å². The van der Waals surface area contributed by atoms with E-state index in [1.165, 1.54) is 0 Å². The Morgan fingerprint density at radius 1 is 1.16 bits per heavy atom. The molecule has 0 aliphatic heterocycles. The fourth-order valence-corrected chi connectivity index (χ4v) is 2.83. The Kier molecular flexibility index (Phi) is 5.57. The van der Waals surface area contributed by atoms with Crippen molar-refractivity contribution in [1.82, 2.24) is 14.5 Å². The summed E-state index contributed by atoms with van der Waals surface area (Å²) in [5, 5.41) is 0. The van der Waals surface area contributed by atoms with E-state index in [2.05, 4.69) is 16.9 Å². The van der Waals surface area contributed by atoms with Gasteiger partial charge in [0, 0.05) is 5.56 Å². The first kappa shape index (κ1) is 17.3. The average Bonchev–Trinajstić information content (AvgIpc) is 3.10. The fourth-order valence-electron chi connectivity index (χ4n) is 2.42. The molecule has 1 atom stereocenters. The van der Waals surface area contributed by atoms with Crippen LogP contribution in [0.3, 0.4) is 0 Å². The maximum absolute atomic E-state index is 10.7. The molecule has 7 heteroatoms. The summed E-state index contributed by atoms with van der Waals surface area (Å²) in [5.74, 6) is 0.754. The fraction of sp³-hybridized carbons (Fsp3) is 0.222. The summed E-state index contributed by atoms with van der Waals surface area (Å²) in [5.41, 5.74) is 3.26. The van der Waals surface area contributed by atoms with Gasteiger partial charge in [-0.15, -0.1) is 0 Å². The zero-order chi connectivity index (χ0) is 17.6. The van der Waals surface area contributed by atoms with Crippen LogP contribution in [0.4, 0.5) is 0 Å². The number of rotatable bonds is 7. The third-order valence-electron chi connectivity index (χ3n) is 3.61. The molecule has 0 saturated carbocycles. The molecule has 6 nitrogen and oxygen atoms in total. The number of ether oxygens (including phenoxy) is 1. The van der Waals surface area contributed by atoms with E-state index in [0.29, 0.717) is 12.3 Å². The van der Waals surface area contributed by atoms with Gasteiger partial charge in [-0.05, 0) is 53.9 Å². The summed E-state index contributed by atoms with van der Waals surface area (Å²) in [7, 11) is 0. The predicted molar refractivity (Wildman–Crippen MR) is 95.2 cm³/mol. The van der Waals surface area contributed by atoms with Crippen molar-refractivity contribution in [3.05, 3.63) is 60.8 Å². The van der Waals surface area contributed by atoms with E-state index < -0.39 is 11.1 Å². The molecule has 0 bridgehead atoms. The second-order valence-corrected chi connectivity index (χ2v) is 6.37. The smallest absolute Gasteiger partial charge is 0.119 e. The first-order valence-electron chi connectivity index (χ1n) is 7.94. The number of hydrogen-bond donors (Lipinski definition) is 0. The van der Waals surface area contributed by atoms with Crippen molar-refractivity contribution in [3.8, 4) is 22.7 Å². The third kappa shape index (κ3) is 4.32. The molecular formula is C18H18N3O3S-. The van der Waals surface area contributed by atoms with Gasteiger partial charge in [-0.25, -0.2) is 4.98 Å². The Labute approximate surface area is 148 Å². The molecule has 2 aromatic heterocycles. The maximum Gasteiger partial charge on any atom is 0.119 e. The van der Waals surface area contributed by atoms with Gasteiger partial charge in [-0.1, -0.05) is 6.92 Å². The van der Waals surface area contributed by atoms with E-state index in [1.54, 1.807) is 24.8 Å². The summed E-state index contributed by atoms with van der Waals surface area (Å²) in [6.45, 7) is 2.77. The first-order valence-corrected chi connectivity index (χ1v) is 9.18. The molecule has 3 rings (SSSR count). The van der Waals surface area contributed by atoms with E-state index in [-0.39, 0.29) is 5.75 Å². The average molecular weight is 356 g/mol. The van der Waals surface area contributed by atoms with Crippen LogP contribution in [-0.4, -0.2) is 29.9 Å². The Balaban J connectivity index is 1.84. The minimum Gasteiger partial charge on any atom is -0.772 e. The monoisotopic (exact) mass is 356 g/mol. The highest BCUT2D eigenvalue weighted by Crippen LogP contribution is 2.25. The van der Waals surface area contributed by atoms with E-state index in [4.69, 9.17) is 4.74 Å². The predicted octanol–water partition coefficient (Wildman–Crippen LogP) is 3.10. The van der Waals surface area contributed by atoms with Gasteiger partial charge in [-0.2, -0.15) is 0 Å². The first-order chi connectivity index (χ1) is 12.2. The van der Waals surface area contributed by atoms with E-state index in [9.17, 15) is 8.76 Å². The number of imidazole rings is 1. The van der Waals surface area contributed by atoms with Crippen molar-refractivity contribution in [2.75, 3.05) is 6.61 Å². The van der Waals surface area contributed by atoms with Crippen LogP contribution < -0.4 is 4.74 Å².